The summed E-state index contributed by atoms with van der Waals surface area (Å²) in [6.45, 7) is 9.11. The van der Waals surface area contributed by atoms with E-state index in [0.29, 0.717) is 5.76 Å². The largest absolute Gasteiger partial charge is 0.456 e. The van der Waals surface area contributed by atoms with Gasteiger partial charge in [-0.15, -0.1) is 0 Å². The summed E-state index contributed by atoms with van der Waals surface area (Å²) in [5, 5.41) is 0. The first-order valence-electron chi connectivity index (χ1n) is 4.85. The van der Waals surface area contributed by atoms with Crippen molar-refractivity contribution in [3.05, 3.63) is 54.4 Å². The van der Waals surface area contributed by atoms with Crippen molar-refractivity contribution in [1.82, 2.24) is 0 Å². The fourth-order valence-corrected chi connectivity index (χ4v) is 1.14. The van der Waals surface area contributed by atoms with Crippen molar-refractivity contribution in [3.63, 3.8) is 0 Å². The van der Waals surface area contributed by atoms with Crippen molar-refractivity contribution in [2.45, 2.75) is 13.3 Å². The van der Waals surface area contributed by atoms with Crippen LogP contribution < -0.4 is 4.74 Å². The summed E-state index contributed by atoms with van der Waals surface area (Å²) < 4.78 is 5.51. The standard InChI is InChI=1S/C13H15NO/c1-4-11-6-8-13(9-7-11)15-12(5-2)10-14-3/h5-10H,2-4H2,1H3/b12-10+. The lowest BCUT2D eigenvalue weighted by molar-refractivity contribution is 0.443. The van der Waals surface area contributed by atoms with Crippen molar-refractivity contribution >= 4 is 6.72 Å². The Bertz CT molecular complexity index is 363. The minimum Gasteiger partial charge on any atom is -0.456 e. The van der Waals surface area contributed by atoms with Gasteiger partial charge in [0.1, 0.15) is 11.5 Å². The minimum absolute atomic E-state index is 0.592. The molecule has 0 saturated heterocycles. The van der Waals surface area contributed by atoms with Crippen LogP contribution >= 0.6 is 0 Å². The van der Waals surface area contributed by atoms with E-state index >= 15 is 0 Å². The number of hydrogen-bond donors (Lipinski definition) is 0. The average molecular weight is 201 g/mol. The van der Waals surface area contributed by atoms with Crippen LogP contribution in [0.25, 0.3) is 0 Å². The zero-order valence-corrected chi connectivity index (χ0v) is 8.94. The lowest BCUT2D eigenvalue weighted by atomic mass is 10.2. The Morgan fingerprint density at radius 3 is 2.53 bits per heavy atom. The number of rotatable bonds is 5. The number of aliphatic imine (C=N–C) groups is 1. The highest BCUT2D eigenvalue weighted by atomic mass is 16.5. The molecule has 0 N–H and O–H groups in total. The fraction of sp³-hybridized carbons (Fsp3) is 0.154. The normalized spacial score (nSPS) is 10.9. The molecule has 0 aliphatic rings. The second kappa shape index (κ2) is 5.81. The average Bonchev–Trinajstić information content (AvgIpc) is 2.29. The first-order valence-corrected chi connectivity index (χ1v) is 4.85. The minimum atomic E-state index is 0.592. The summed E-state index contributed by atoms with van der Waals surface area (Å²) in [5.74, 6) is 1.37. The first-order chi connectivity index (χ1) is 7.30. The predicted molar refractivity (Wildman–Crippen MR) is 64.3 cm³/mol. The Morgan fingerprint density at radius 2 is 2.07 bits per heavy atom. The summed E-state index contributed by atoms with van der Waals surface area (Å²) in [6, 6.07) is 7.94. The molecule has 15 heavy (non-hydrogen) atoms. The van der Waals surface area contributed by atoms with Gasteiger partial charge in [0.15, 0.2) is 0 Å². The Labute approximate surface area is 90.6 Å². The van der Waals surface area contributed by atoms with Crippen LogP contribution in [-0.2, 0) is 6.42 Å². The van der Waals surface area contributed by atoms with E-state index in [2.05, 4.69) is 25.2 Å². The lowest BCUT2D eigenvalue weighted by Crippen LogP contribution is -1.91. The molecule has 1 aromatic rings. The van der Waals surface area contributed by atoms with Crippen LogP contribution in [0.1, 0.15) is 12.5 Å². The third kappa shape index (κ3) is 3.43. The van der Waals surface area contributed by atoms with Crippen molar-refractivity contribution in [1.29, 1.82) is 0 Å². The molecule has 2 heteroatoms. The second-order valence-electron chi connectivity index (χ2n) is 3.02. The first kappa shape index (κ1) is 11.2. The van der Waals surface area contributed by atoms with E-state index < -0.39 is 0 Å². The van der Waals surface area contributed by atoms with E-state index in [4.69, 9.17) is 4.74 Å². The molecule has 0 heterocycles. The van der Waals surface area contributed by atoms with Gasteiger partial charge >= 0.3 is 0 Å². The fourth-order valence-electron chi connectivity index (χ4n) is 1.14. The molecule has 78 valence electrons. The molecule has 1 aromatic carbocycles. The monoisotopic (exact) mass is 201 g/mol. The molecule has 1 rings (SSSR count). The number of nitrogens with zero attached hydrogens (tertiary/aromatic N) is 1. The molecule has 0 bridgehead atoms. The number of aryl methyl sites for hydroxylation is 1. The summed E-state index contributed by atoms with van der Waals surface area (Å²) >= 11 is 0. The molecule has 0 atom stereocenters. The van der Waals surface area contributed by atoms with E-state index in [1.54, 1.807) is 6.08 Å². The molecule has 0 radical (unpaired) electrons. The Hall–Kier alpha value is -1.83. The lowest BCUT2D eigenvalue weighted by Gasteiger charge is -2.05. The Kier molecular flexibility index (Phi) is 4.35. The van der Waals surface area contributed by atoms with Crippen molar-refractivity contribution in [2.75, 3.05) is 0 Å². The van der Waals surface area contributed by atoms with Crippen LogP contribution in [0.15, 0.2) is 53.9 Å². The maximum Gasteiger partial charge on any atom is 0.145 e. The topological polar surface area (TPSA) is 21.6 Å². The molecular weight excluding hydrogens is 186 g/mol. The smallest absolute Gasteiger partial charge is 0.145 e. The molecule has 0 spiro atoms. The number of benzene rings is 1. The van der Waals surface area contributed by atoms with Crippen molar-refractivity contribution in [3.8, 4) is 5.75 Å². The second-order valence-corrected chi connectivity index (χ2v) is 3.02. The number of ether oxygens (including phenoxy) is 1. The Morgan fingerprint density at radius 1 is 1.40 bits per heavy atom. The summed E-state index contributed by atoms with van der Waals surface area (Å²) in [4.78, 5) is 3.63. The van der Waals surface area contributed by atoms with Gasteiger partial charge in [0.05, 0.1) is 6.20 Å². The van der Waals surface area contributed by atoms with E-state index in [1.807, 2.05) is 24.3 Å². The molecule has 0 aliphatic heterocycles. The van der Waals surface area contributed by atoms with Gasteiger partial charge in [-0.25, -0.2) is 0 Å². The van der Waals surface area contributed by atoms with E-state index in [0.717, 1.165) is 12.2 Å². The van der Waals surface area contributed by atoms with Crippen molar-refractivity contribution in [2.24, 2.45) is 4.99 Å². The highest BCUT2D eigenvalue weighted by Crippen LogP contribution is 2.15. The number of allylic oxidation sites excluding steroid dienone is 1. The highest BCUT2D eigenvalue weighted by molar-refractivity contribution is 5.31. The van der Waals surface area contributed by atoms with E-state index in [9.17, 15) is 0 Å². The van der Waals surface area contributed by atoms with Gasteiger partial charge in [-0.2, -0.15) is 0 Å². The molecule has 0 aliphatic carbocycles. The van der Waals surface area contributed by atoms with Crippen LogP contribution in [0.2, 0.25) is 0 Å². The van der Waals surface area contributed by atoms with E-state index in [-0.39, 0.29) is 0 Å². The predicted octanol–water partition coefficient (Wildman–Crippen LogP) is 3.36. The molecule has 0 amide bonds. The maximum atomic E-state index is 5.51. The third-order valence-corrected chi connectivity index (χ3v) is 1.99. The maximum absolute atomic E-state index is 5.51. The van der Waals surface area contributed by atoms with Gasteiger partial charge in [0.2, 0.25) is 0 Å². The van der Waals surface area contributed by atoms with Gasteiger partial charge in [-0.05, 0) is 36.9 Å². The summed E-state index contributed by atoms with van der Waals surface area (Å²) in [7, 11) is 0. The summed E-state index contributed by atoms with van der Waals surface area (Å²) in [6.07, 6.45) is 4.15. The van der Waals surface area contributed by atoms with Gasteiger partial charge in [0, 0.05) is 0 Å². The van der Waals surface area contributed by atoms with Crippen LogP contribution in [0, 0.1) is 0 Å². The molecule has 0 aromatic heterocycles. The molecule has 2 nitrogen and oxygen atoms in total. The van der Waals surface area contributed by atoms with Gasteiger partial charge in [-0.1, -0.05) is 25.6 Å². The Balaban J connectivity index is 2.75. The van der Waals surface area contributed by atoms with Crippen LogP contribution in [0.3, 0.4) is 0 Å². The van der Waals surface area contributed by atoms with Crippen LogP contribution in [0.5, 0.6) is 5.75 Å². The number of hydrogen-bond acceptors (Lipinski definition) is 2. The molecular formula is C13H15NO. The van der Waals surface area contributed by atoms with Gasteiger partial charge in [0.25, 0.3) is 0 Å². The summed E-state index contributed by atoms with van der Waals surface area (Å²) in [5.41, 5.74) is 1.29. The van der Waals surface area contributed by atoms with Crippen LogP contribution in [-0.4, -0.2) is 6.72 Å². The highest BCUT2D eigenvalue weighted by Gasteiger charge is 1.96. The molecule has 0 unspecified atom stereocenters. The van der Waals surface area contributed by atoms with Gasteiger partial charge in [-0.3, -0.25) is 4.99 Å². The zero-order valence-electron chi connectivity index (χ0n) is 8.94. The zero-order chi connectivity index (χ0) is 11.1. The SMILES string of the molecule is C=C/C(=C\N=C)Oc1ccc(CC)cc1. The molecule has 0 fully saturated rings. The van der Waals surface area contributed by atoms with E-state index in [1.165, 1.54) is 11.8 Å². The quantitative estimate of drug-likeness (QED) is 0.406. The van der Waals surface area contributed by atoms with Crippen LogP contribution in [0.4, 0.5) is 0 Å². The van der Waals surface area contributed by atoms with Crippen molar-refractivity contribution < 1.29 is 4.74 Å². The third-order valence-electron chi connectivity index (χ3n) is 1.99. The molecule has 0 saturated carbocycles. The van der Waals surface area contributed by atoms with Gasteiger partial charge < -0.3 is 4.74 Å².